The largest absolute Gasteiger partial charge is 0.497 e. The summed E-state index contributed by atoms with van der Waals surface area (Å²) in [5, 5.41) is 8.35. The third kappa shape index (κ3) is 3.23. The van der Waals surface area contributed by atoms with Gasteiger partial charge >= 0.3 is 0 Å². The van der Waals surface area contributed by atoms with Crippen molar-refractivity contribution in [3.05, 3.63) is 42.0 Å². The van der Waals surface area contributed by atoms with Crippen molar-refractivity contribution in [2.45, 2.75) is 6.54 Å². The van der Waals surface area contributed by atoms with Crippen LogP contribution >= 0.6 is 0 Å². The Morgan fingerprint density at radius 3 is 2.58 bits per heavy atom. The zero-order valence-electron chi connectivity index (χ0n) is 13.1. The molecule has 0 saturated heterocycles. The first-order valence-electron chi connectivity index (χ1n) is 7.03. The molecule has 3 rings (SSSR count). The van der Waals surface area contributed by atoms with Gasteiger partial charge in [-0.2, -0.15) is 0 Å². The maximum Gasteiger partial charge on any atom is 0.232 e. The average Bonchev–Trinajstić information content (AvgIpc) is 3.03. The molecule has 1 unspecified atom stereocenters. The zero-order chi connectivity index (χ0) is 17.1. The maximum absolute atomic E-state index is 10.6. The van der Waals surface area contributed by atoms with Crippen LogP contribution in [0.4, 0.5) is 0 Å². The summed E-state index contributed by atoms with van der Waals surface area (Å²) in [6, 6.07) is 11.0. The lowest BCUT2D eigenvalue weighted by Crippen LogP contribution is -2.15. The average molecular weight is 348 g/mol. The number of aromatic nitrogens is 3. The fraction of sp³-hybridized carbons (Fsp3) is 0.200. The highest BCUT2D eigenvalue weighted by atomic mass is 32.2. The van der Waals surface area contributed by atoms with Crippen LogP contribution in [0.3, 0.4) is 0 Å². The van der Waals surface area contributed by atoms with Gasteiger partial charge in [0.15, 0.2) is 11.3 Å². The topological polar surface area (TPSA) is 98.5 Å². The highest BCUT2D eigenvalue weighted by Crippen LogP contribution is 2.30. The van der Waals surface area contributed by atoms with E-state index >= 15 is 0 Å². The summed E-state index contributed by atoms with van der Waals surface area (Å²) in [5.41, 5.74) is 3.08. The Hall–Kier alpha value is -2.49. The Morgan fingerprint density at radius 2 is 1.96 bits per heavy atom. The lowest BCUT2D eigenvalue weighted by molar-refractivity contribution is 0.397. The standard InChI is InChI=1S/C15H16N4O4S/c1-22-12-7-13-15(14(8-12)23-2)17-18-19(13)11-5-3-10(4-6-11)9-16-24(20)21/h3-8,16H,9H2,1-2H3,(H,20,21). The van der Waals surface area contributed by atoms with Crippen molar-refractivity contribution in [2.24, 2.45) is 0 Å². The molecule has 0 bridgehead atoms. The van der Waals surface area contributed by atoms with Gasteiger partial charge in [-0.25, -0.2) is 13.6 Å². The van der Waals surface area contributed by atoms with Gasteiger partial charge in [0.1, 0.15) is 11.3 Å². The molecule has 1 heterocycles. The van der Waals surface area contributed by atoms with Crippen LogP contribution in [0.2, 0.25) is 0 Å². The molecule has 3 aromatic rings. The Kier molecular flexibility index (Phi) is 4.74. The second kappa shape index (κ2) is 6.95. The minimum Gasteiger partial charge on any atom is -0.497 e. The summed E-state index contributed by atoms with van der Waals surface area (Å²) < 4.78 is 34.1. The van der Waals surface area contributed by atoms with E-state index in [0.717, 1.165) is 16.8 Å². The van der Waals surface area contributed by atoms with Crippen molar-refractivity contribution in [3.63, 3.8) is 0 Å². The maximum atomic E-state index is 10.6. The van der Waals surface area contributed by atoms with Crippen LogP contribution in [0.5, 0.6) is 11.5 Å². The van der Waals surface area contributed by atoms with E-state index in [1.54, 1.807) is 25.0 Å². The van der Waals surface area contributed by atoms with E-state index in [1.807, 2.05) is 30.3 Å². The fourth-order valence-electron chi connectivity index (χ4n) is 2.33. The molecule has 0 fully saturated rings. The number of nitrogens with zero attached hydrogens (tertiary/aromatic N) is 3. The normalized spacial score (nSPS) is 12.3. The summed E-state index contributed by atoms with van der Waals surface area (Å²) in [6.07, 6.45) is 0. The van der Waals surface area contributed by atoms with Crippen LogP contribution in [-0.4, -0.2) is 38.0 Å². The Morgan fingerprint density at radius 1 is 1.21 bits per heavy atom. The predicted molar refractivity (Wildman–Crippen MR) is 89.6 cm³/mol. The first kappa shape index (κ1) is 16.4. The lowest BCUT2D eigenvalue weighted by Gasteiger charge is -2.07. The number of fused-ring (bicyclic) bond motifs is 1. The molecule has 24 heavy (non-hydrogen) atoms. The van der Waals surface area contributed by atoms with Crippen LogP contribution in [0.15, 0.2) is 36.4 Å². The highest BCUT2D eigenvalue weighted by molar-refractivity contribution is 7.77. The molecule has 8 nitrogen and oxygen atoms in total. The van der Waals surface area contributed by atoms with Gasteiger partial charge in [0.05, 0.1) is 19.9 Å². The van der Waals surface area contributed by atoms with Gasteiger partial charge in [-0.3, -0.25) is 4.55 Å². The molecular weight excluding hydrogens is 332 g/mol. The van der Waals surface area contributed by atoms with E-state index in [0.29, 0.717) is 23.6 Å². The first-order valence-corrected chi connectivity index (χ1v) is 8.14. The number of ether oxygens (including phenoxy) is 2. The van der Waals surface area contributed by atoms with Gasteiger partial charge in [-0.1, -0.05) is 17.3 Å². The number of hydrogen-bond acceptors (Lipinski definition) is 5. The third-order valence-corrected chi connectivity index (χ3v) is 3.92. The first-order chi connectivity index (χ1) is 11.6. The van der Waals surface area contributed by atoms with Crippen LogP contribution in [0, 0.1) is 0 Å². The number of rotatable bonds is 6. The summed E-state index contributed by atoms with van der Waals surface area (Å²) in [7, 11) is 3.15. The molecule has 9 heteroatoms. The van der Waals surface area contributed by atoms with Gasteiger partial charge < -0.3 is 9.47 Å². The molecule has 0 aliphatic carbocycles. The monoisotopic (exact) mass is 348 g/mol. The number of hydrogen-bond donors (Lipinski definition) is 2. The molecule has 1 aromatic heterocycles. The van der Waals surface area contributed by atoms with Gasteiger partial charge in [0, 0.05) is 18.7 Å². The van der Waals surface area contributed by atoms with E-state index in [4.69, 9.17) is 14.0 Å². The summed E-state index contributed by atoms with van der Waals surface area (Å²) in [5.74, 6) is 1.23. The van der Waals surface area contributed by atoms with E-state index in [1.165, 1.54) is 0 Å². The van der Waals surface area contributed by atoms with Gasteiger partial charge in [0.25, 0.3) is 0 Å². The van der Waals surface area contributed by atoms with E-state index in [2.05, 4.69) is 15.0 Å². The van der Waals surface area contributed by atoms with Crippen molar-refractivity contribution in [3.8, 4) is 17.2 Å². The Bertz CT molecular complexity index is 879. The van der Waals surface area contributed by atoms with E-state index in [-0.39, 0.29) is 0 Å². The number of benzene rings is 2. The van der Waals surface area contributed by atoms with E-state index < -0.39 is 11.3 Å². The van der Waals surface area contributed by atoms with Gasteiger partial charge in [-0.05, 0) is 17.7 Å². The van der Waals surface area contributed by atoms with Gasteiger partial charge in [0.2, 0.25) is 11.3 Å². The van der Waals surface area contributed by atoms with Crippen molar-refractivity contribution in [1.29, 1.82) is 0 Å². The molecule has 0 radical (unpaired) electrons. The molecule has 0 aliphatic rings. The second-order valence-corrected chi connectivity index (χ2v) is 5.72. The van der Waals surface area contributed by atoms with Crippen LogP contribution in [-0.2, 0) is 17.8 Å². The predicted octanol–water partition coefficient (Wildman–Crippen LogP) is 1.66. The number of methoxy groups -OCH3 is 2. The Labute approximate surface area is 140 Å². The van der Waals surface area contributed by atoms with Crippen molar-refractivity contribution in [1.82, 2.24) is 19.7 Å². The second-order valence-electron chi connectivity index (χ2n) is 4.94. The molecule has 2 N–H and O–H groups in total. The van der Waals surface area contributed by atoms with Crippen molar-refractivity contribution >= 4 is 22.3 Å². The fourth-order valence-corrected chi connectivity index (χ4v) is 2.62. The molecular formula is C15H16N4O4S. The molecule has 0 spiro atoms. The molecule has 0 aliphatic heterocycles. The van der Waals surface area contributed by atoms with Crippen LogP contribution in [0.1, 0.15) is 5.56 Å². The van der Waals surface area contributed by atoms with Crippen LogP contribution in [0.25, 0.3) is 16.7 Å². The molecule has 126 valence electrons. The van der Waals surface area contributed by atoms with E-state index in [9.17, 15) is 4.21 Å². The minimum atomic E-state index is -2.03. The summed E-state index contributed by atoms with van der Waals surface area (Å²) in [4.78, 5) is 0. The van der Waals surface area contributed by atoms with Crippen molar-refractivity contribution in [2.75, 3.05) is 14.2 Å². The summed E-state index contributed by atoms with van der Waals surface area (Å²) in [6.45, 7) is 0.295. The van der Waals surface area contributed by atoms with Crippen molar-refractivity contribution < 1.29 is 18.2 Å². The minimum absolute atomic E-state index is 0.295. The lowest BCUT2D eigenvalue weighted by atomic mass is 10.2. The SMILES string of the molecule is COc1cc(OC)c2nnn(-c3ccc(CNS(=O)O)cc3)c2c1. The van der Waals surface area contributed by atoms with Gasteiger partial charge in [-0.15, -0.1) is 5.10 Å². The summed E-state index contributed by atoms with van der Waals surface area (Å²) >= 11 is -2.03. The third-order valence-electron chi connectivity index (χ3n) is 3.53. The highest BCUT2D eigenvalue weighted by Gasteiger charge is 2.13. The Balaban J connectivity index is 1.98. The number of nitrogens with one attached hydrogen (secondary N) is 1. The quantitative estimate of drug-likeness (QED) is 0.658. The molecule has 0 amide bonds. The van der Waals surface area contributed by atoms with Crippen LogP contribution < -0.4 is 14.2 Å². The zero-order valence-corrected chi connectivity index (χ0v) is 13.9. The molecule has 2 aromatic carbocycles. The molecule has 0 saturated carbocycles. The smallest absolute Gasteiger partial charge is 0.232 e. The molecule has 1 atom stereocenters.